The topological polar surface area (TPSA) is 105 Å². The number of amides is 2. The van der Waals surface area contributed by atoms with Gasteiger partial charge in [-0.2, -0.15) is 0 Å². The first-order valence-electron chi connectivity index (χ1n) is 18.3. The minimum absolute atomic E-state index is 0.0467. The third kappa shape index (κ3) is 11.5. The molecule has 8 heteroatoms. The van der Waals surface area contributed by atoms with Crippen molar-refractivity contribution in [3.8, 4) is 5.75 Å². The number of hydrogen-bond acceptors (Lipinski definition) is 6. The van der Waals surface area contributed by atoms with Gasteiger partial charge in [-0.1, -0.05) is 109 Å². The van der Waals surface area contributed by atoms with Gasteiger partial charge < -0.3 is 24.8 Å². The summed E-state index contributed by atoms with van der Waals surface area (Å²) in [5.74, 6) is -1.31. The van der Waals surface area contributed by atoms with Crippen LogP contribution in [0.15, 0.2) is 135 Å². The molecule has 0 saturated carbocycles. The van der Waals surface area contributed by atoms with Crippen LogP contribution in [0.4, 0.5) is 0 Å². The zero-order valence-electron chi connectivity index (χ0n) is 30.3. The van der Waals surface area contributed by atoms with Crippen LogP contribution in [0.3, 0.4) is 0 Å². The van der Waals surface area contributed by atoms with Gasteiger partial charge in [0.2, 0.25) is 11.8 Å². The van der Waals surface area contributed by atoms with Crippen LogP contribution in [0, 0.1) is 11.8 Å². The van der Waals surface area contributed by atoms with Gasteiger partial charge >= 0.3 is 5.97 Å². The van der Waals surface area contributed by atoms with E-state index in [0.29, 0.717) is 44.6 Å². The summed E-state index contributed by atoms with van der Waals surface area (Å²) in [5.41, 5.74) is 5.15. The maximum atomic E-state index is 13.9. The highest BCUT2D eigenvalue weighted by molar-refractivity contribution is 5.86. The van der Waals surface area contributed by atoms with Gasteiger partial charge in [-0.25, -0.2) is 0 Å². The zero-order chi connectivity index (χ0) is 37.4. The van der Waals surface area contributed by atoms with Gasteiger partial charge in [-0.05, 0) is 72.1 Å². The molecule has 0 aromatic heterocycles. The van der Waals surface area contributed by atoms with E-state index in [1.807, 2.05) is 109 Å². The number of hydrogen-bond donors (Lipinski definition) is 2. The van der Waals surface area contributed by atoms with Crippen LogP contribution >= 0.6 is 0 Å². The van der Waals surface area contributed by atoms with E-state index >= 15 is 0 Å². The zero-order valence-corrected chi connectivity index (χ0v) is 30.3. The van der Waals surface area contributed by atoms with Crippen molar-refractivity contribution in [2.75, 3.05) is 13.2 Å². The van der Waals surface area contributed by atoms with Crippen molar-refractivity contribution in [3.63, 3.8) is 0 Å². The molecular weight excluding hydrogens is 665 g/mol. The lowest BCUT2D eigenvalue weighted by atomic mass is 9.92. The maximum absolute atomic E-state index is 13.9. The minimum Gasteiger partial charge on any atom is -0.489 e. The number of nitrogens with one attached hydrogen (secondary N) is 1. The summed E-state index contributed by atoms with van der Waals surface area (Å²) in [6.45, 7) is 8.29. The van der Waals surface area contributed by atoms with Crippen LogP contribution in [-0.2, 0) is 51.5 Å². The van der Waals surface area contributed by atoms with E-state index < -0.39 is 17.9 Å². The second-order valence-electron chi connectivity index (χ2n) is 13.6. The Hall–Kier alpha value is -5.47. The van der Waals surface area contributed by atoms with E-state index in [1.165, 1.54) is 0 Å². The number of carbonyl (C=O) groups is 3. The predicted octanol–water partition coefficient (Wildman–Crippen LogP) is 6.80. The fourth-order valence-corrected chi connectivity index (χ4v) is 6.74. The van der Waals surface area contributed by atoms with Gasteiger partial charge in [0.1, 0.15) is 19.0 Å². The Balaban J connectivity index is 1.28. The molecule has 8 nitrogen and oxygen atoms in total. The number of fused-ring (bicyclic) bond motifs is 1. The molecule has 2 amide bonds. The number of allylic oxidation sites excluding steroid dienone is 2. The van der Waals surface area contributed by atoms with Crippen molar-refractivity contribution in [2.45, 2.75) is 63.8 Å². The number of benzene rings is 4. The molecular formula is C45H50N2O6. The first kappa shape index (κ1) is 38.8. The summed E-state index contributed by atoms with van der Waals surface area (Å²) >= 11 is 0. The molecule has 4 aromatic carbocycles. The van der Waals surface area contributed by atoms with Crippen LogP contribution in [-0.4, -0.2) is 53.1 Å². The van der Waals surface area contributed by atoms with Gasteiger partial charge in [-0.15, -0.1) is 13.2 Å². The fraction of sp³-hybridized carbons (Fsp3) is 0.311. The quantitative estimate of drug-likeness (QED) is 0.0819. The number of aliphatic hydroxyl groups excluding tert-OH is 1. The molecule has 0 fully saturated rings. The third-order valence-corrected chi connectivity index (χ3v) is 9.67. The van der Waals surface area contributed by atoms with Crippen molar-refractivity contribution < 1.29 is 29.0 Å². The van der Waals surface area contributed by atoms with Gasteiger partial charge in [0.05, 0.1) is 30.5 Å². The highest BCUT2D eigenvalue weighted by atomic mass is 16.5. The van der Waals surface area contributed by atoms with Crippen LogP contribution in [0.2, 0.25) is 0 Å². The first-order valence-corrected chi connectivity index (χ1v) is 18.3. The highest BCUT2D eigenvalue weighted by Gasteiger charge is 2.32. The van der Waals surface area contributed by atoms with Gasteiger partial charge in [0, 0.05) is 13.0 Å². The molecule has 0 saturated heterocycles. The van der Waals surface area contributed by atoms with Gasteiger partial charge in [-0.3, -0.25) is 14.4 Å². The summed E-state index contributed by atoms with van der Waals surface area (Å²) in [6.07, 6.45) is 5.48. The molecule has 0 radical (unpaired) electrons. The van der Waals surface area contributed by atoms with E-state index in [9.17, 15) is 19.5 Å². The largest absolute Gasteiger partial charge is 0.489 e. The van der Waals surface area contributed by atoms with Crippen molar-refractivity contribution in [3.05, 3.63) is 162 Å². The molecule has 276 valence electrons. The SMILES string of the molecule is C=CC[C@H](CC(=O)N1Cc2ccccc2C[C@H]1CO)C(=O)N[C@H](COC(=O)[C@@H](CC=C)Cc1ccccc1)Cc1ccc(OCc2ccccc2)cc1. The van der Waals surface area contributed by atoms with E-state index in [2.05, 4.69) is 18.5 Å². The lowest BCUT2D eigenvalue weighted by Crippen LogP contribution is -2.48. The number of nitrogens with zero attached hydrogens (tertiary/aromatic N) is 1. The smallest absolute Gasteiger partial charge is 0.309 e. The molecule has 53 heavy (non-hydrogen) atoms. The van der Waals surface area contributed by atoms with Crippen molar-refractivity contribution in [1.82, 2.24) is 10.2 Å². The van der Waals surface area contributed by atoms with Crippen LogP contribution < -0.4 is 10.1 Å². The minimum atomic E-state index is -0.699. The summed E-state index contributed by atoms with van der Waals surface area (Å²) in [7, 11) is 0. The second kappa shape index (κ2) is 20.0. The summed E-state index contributed by atoms with van der Waals surface area (Å²) in [6, 6.07) is 34.3. The lowest BCUT2D eigenvalue weighted by molar-refractivity contribution is -0.149. The molecule has 1 heterocycles. The Bertz CT molecular complexity index is 1790. The standard InChI is InChI=1S/C45H50N2O6/c1-3-13-37(28-43(49)47-29-39-20-12-11-19-36(39)27-41(47)30-48)44(50)46-40(32-53-45(51)38(14-4-2)25-33-15-7-5-8-16-33)26-34-21-23-42(24-22-34)52-31-35-17-9-6-10-18-35/h3-12,15-24,37-38,40-41,48H,1-2,13-14,25-32H2,(H,46,50)/t37-,38+,40+,41+/m1/s1. The summed E-state index contributed by atoms with van der Waals surface area (Å²) in [5, 5.41) is 13.3. The lowest BCUT2D eigenvalue weighted by Gasteiger charge is -2.36. The molecule has 0 unspecified atom stereocenters. The number of aliphatic hydroxyl groups is 1. The van der Waals surface area contributed by atoms with Crippen LogP contribution in [0.1, 0.15) is 47.1 Å². The second-order valence-corrected chi connectivity index (χ2v) is 13.6. The van der Waals surface area contributed by atoms with Crippen molar-refractivity contribution >= 4 is 17.8 Å². The molecule has 0 bridgehead atoms. The highest BCUT2D eigenvalue weighted by Crippen LogP contribution is 2.26. The molecule has 4 aromatic rings. The molecule has 0 spiro atoms. The molecule has 1 aliphatic heterocycles. The fourth-order valence-electron chi connectivity index (χ4n) is 6.74. The number of rotatable bonds is 19. The Kier molecular flexibility index (Phi) is 14.6. The Labute approximate surface area is 313 Å². The Morgan fingerprint density at radius 1 is 0.774 bits per heavy atom. The van der Waals surface area contributed by atoms with E-state index in [1.54, 1.807) is 17.1 Å². The Morgan fingerprint density at radius 3 is 2.04 bits per heavy atom. The van der Waals surface area contributed by atoms with Gasteiger partial charge in [0.15, 0.2) is 0 Å². The Morgan fingerprint density at radius 2 is 1.38 bits per heavy atom. The van der Waals surface area contributed by atoms with Crippen molar-refractivity contribution in [1.29, 1.82) is 0 Å². The van der Waals surface area contributed by atoms with Crippen LogP contribution in [0.5, 0.6) is 5.75 Å². The molecule has 1 aliphatic rings. The predicted molar refractivity (Wildman–Crippen MR) is 207 cm³/mol. The molecule has 5 rings (SSSR count). The van der Waals surface area contributed by atoms with E-state index in [-0.39, 0.29) is 49.9 Å². The van der Waals surface area contributed by atoms with Crippen LogP contribution in [0.25, 0.3) is 0 Å². The van der Waals surface area contributed by atoms with Crippen molar-refractivity contribution in [2.24, 2.45) is 11.8 Å². The number of ether oxygens (including phenoxy) is 2. The summed E-state index contributed by atoms with van der Waals surface area (Å²) < 4.78 is 11.9. The van der Waals surface area contributed by atoms with Gasteiger partial charge in [0.25, 0.3) is 0 Å². The number of esters is 1. The molecule has 2 N–H and O–H groups in total. The third-order valence-electron chi connectivity index (χ3n) is 9.67. The first-order chi connectivity index (χ1) is 25.9. The monoisotopic (exact) mass is 714 g/mol. The summed E-state index contributed by atoms with van der Waals surface area (Å²) in [4.78, 5) is 42.8. The average Bonchev–Trinajstić information content (AvgIpc) is 3.19. The van der Waals surface area contributed by atoms with E-state index in [4.69, 9.17) is 9.47 Å². The van der Waals surface area contributed by atoms with E-state index in [0.717, 1.165) is 27.8 Å². The average molecular weight is 715 g/mol. The normalized spacial score (nSPS) is 15.3. The maximum Gasteiger partial charge on any atom is 0.309 e. The molecule has 4 atom stereocenters. The molecule has 0 aliphatic carbocycles. The number of carbonyl (C=O) groups excluding carboxylic acids is 3.